The number of benzene rings is 2. The third-order valence-electron chi connectivity index (χ3n) is 4.72. The lowest BCUT2D eigenvalue weighted by molar-refractivity contribution is -0.118. The summed E-state index contributed by atoms with van der Waals surface area (Å²) in [4.78, 5) is 14.6. The molecule has 1 atom stereocenters. The second kappa shape index (κ2) is 9.67. The minimum Gasteiger partial charge on any atom is -0.353 e. The first-order valence-electron chi connectivity index (χ1n) is 9.43. The van der Waals surface area contributed by atoms with E-state index >= 15 is 0 Å². The van der Waals surface area contributed by atoms with Crippen molar-refractivity contribution in [2.45, 2.75) is 25.0 Å². The SMILES string of the molecule is Cc1cccc(C)c1-n1nnnc1SCC(=O)NC[C@H](c1ccccc1)N(C)C. The van der Waals surface area contributed by atoms with Gasteiger partial charge in [0.25, 0.3) is 0 Å². The zero-order valence-corrected chi connectivity index (χ0v) is 18.0. The van der Waals surface area contributed by atoms with Gasteiger partial charge in [-0.15, -0.1) is 5.10 Å². The average molecular weight is 411 g/mol. The van der Waals surface area contributed by atoms with Crippen molar-refractivity contribution in [3.8, 4) is 5.69 Å². The summed E-state index contributed by atoms with van der Waals surface area (Å²) in [6.45, 7) is 4.59. The molecule has 29 heavy (non-hydrogen) atoms. The lowest BCUT2D eigenvalue weighted by Crippen LogP contribution is -2.35. The Bertz CT molecular complexity index is 937. The number of rotatable bonds is 8. The van der Waals surface area contributed by atoms with Gasteiger partial charge in [-0.2, -0.15) is 4.68 Å². The minimum atomic E-state index is -0.0474. The van der Waals surface area contributed by atoms with Gasteiger partial charge in [0.1, 0.15) is 0 Å². The summed E-state index contributed by atoms with van der Waals surface area (Å²) < 4.78 is 1.70. The molecule has 3 rings (SSSR count). The molecule has 0 saturated heterocycles. The van der Waals surface area contributed by atoms with Crippen LogP contribution in [0.15, 0.2) is 53.7 Å². The molecule has 1 aromatic heterocycles. The molecule has 0 aliphatic carbocycles. The van der Waals surface area contributed by atoms with Crippen molar-refractivity contribution in [1.29, 1.82) is 0 Å². The van der Waals surface area contributed by atoms with E-state index in [9.17, 15) is 4.79 Å². The van der Waals surface area contributed by atoms with E-state index in [0.717, 1.165) is 16.8 Å². The van der Waals surface area contributed by atoms with Crippen molar-refractivity contribution < 1.29 is 4.79 Å². The van der Waals surface area contributed by atoms with Gasteiger partial charge in [-0.25, -0.2) is 0 Å². The Labute approximate surface area is 175 Å². The molecular formula is C21H26N6OS. The van der Waals surface area contributed by atoms with Gasteiger partial charge in [0.15, 0.2) is 0 Å². The molecular weight excluding hydrogens is 384 g/mol. The zero-order chi connectivity index (χ0) is 20.8. The normalized spacial score (nSPS) is 12.2. The summed E-state index contributed by atoms with van der Waals surface area (Å²) in [6, 6.07) is 16.3. The number of para-hydroxylation sites is 1. The van der Waals surface area contributed by atoms with E-state index in [4.69, 9.17) is 0 Å². The number of aromatic nitrogens is 4. The van der Waals surface area contributed by atoms with Crippen LogP contribution in [0.3, 0.4) is 0 Å². The van der Waals surface area contributed by atoms with E-state index in [1.807, 2.05) is 64.3 Å². The van der Waals surface area contributed by atoms with Crippen LogP contribution in [0.1, 0.15) is 22.7 Å². The Hall–Kier alpha value is -2.71. The molecule has 0 fully saturated rings. The molecule has 2 aromatic carbocycles. The van der Waals surface area contributed by atoms with Crippen molar-refractivity contribution in [2.75, 3.05) is 26.4 Å². The molecule has 0 aliphatic rings. The van der Waals surface area contributed by atoms with Crippen LogP contribution < -0.4 is 5.32 Å². The molecule has 0 saturated carbocycles. The summed E-state index contributed by atoms with van der Waals surface area (Å²) >= 11 is 1.33. The van der Waals surface area contributed by atoms with Crippen LogP contribution in [0.25, 0.3) is 5.69 Å². The standard InChI is InChI=1S/C21H26N6OS/c1-15-9-8-10-16(2)20(15)27-21(23-24-25-27)29-14-19(28)22-13-18(26(3)4)17-11-6-5-7-12-17/h5-12,18H,13-14H2,1-4H3,(H,22,28)/t18-/m1/s1. The first-order chi connectivity index (χ1) is 14.0. The molecule has 152 valence electrons. The van der Waals surface area contributed by atoms with Gasteiger partial charge in [0, 0.05) is 6.54 Å². The van der Waals surface area contributed by atoms with Crippen molar-refractivity contribution in [3.63, 3.8) is 0 Å². The van der Waals surface area contributed by atoms with Gasteiger partial charge >= 0.3 is 0 Å². The van der Waals surface area contributed by atoms with E-state index < -0.39 is 0 Å². The lowest BCUT2D eigenvalue weighted by atomic mass is 10.1. The number of hydrogen-bond acceptors (Lipinski definition) is 6. The van der Waals surface area contributed by atoms with Crippen molar-refractivity contribution in [1.82, 2.24) is 30.4 Å². The predicted octanol–water partition coefficient (Wildman–Crippen LogP) is 2.79. The smallest absolute Gasteiger partial charge is 0.230 e. The highest BCUT2D eigenvalue weighted by molar-refractivity contribution is 7.99. The number of carbonyl (C=O) groups is 1. The van der Waals surface area contributed by atoms with Gasteiger partial charge in [-0.05, 0) is 55.1 Å². The highest BCUT2D eigenvalue weighted by atomic mass is 32.2. The number of nitrogens with one attached hydrogen (secondary N) is 1. The molecule has 0 bridgehead atoms. The minimum absolute atomic E-state index is 0.0474. The predicted molar refractivity (Wildman–Crippen MR) is 115 cm³/mol. The highest BCUT2D eigenvalue weighted by Gasteiger charge is 2.17. The molecule has 8 heteroatoms. The van der Waals surface area contributed by atoms with Crippen LogP contribution in [-0.2, 0) is 4.79 Å². The zero-order valence-electron chi connectivity index (χ0n) is 17.2. The van der Waals surface area contributed by atoms with Gasteiger partial charge in [0.2, 0.25) is 11.1 Å². The number of aryl methyl sites for hydroxylation is 2. The average Bonchev–Trinajstić information content (AvgIpc) is 3.15. The molecule has 1 N–H and O–H groups in total. The number of thioether (sulfide) groups is 1. The van der Waals surface area contributed by atoms with Crippen LogP contribution in [-0.4, -0.2) is 57.4 Å². The molecule has 1 amide bonds. The molecule has 0 spiro atoms. The van der Waals surface area contributed by atoms with Crippen LogP contribution in [0.4, 0.5) is 0 Å². The Balaban J connectivity index is 1.61. The number of tetrazole rings is 1. The fourth-order valence-electron chi connectivity index (χ4n) is 3.21. The third kappa shape index (κ3) is 5.21. The Kier molecular flexibility index (Phi) is 7.00. The summed E-state index contributed by atoms with van der Waals surface area (Å²) in [5, 5.41) is 15.6. The number of carbonyl (C=O) groups excluding carboxylic acids is 1. The maximum absolute atomic E-state index is 12.4. The maximum Gasteiger partial charge on any atom is 0.230 e. The Morgan fingerprint density at radius 1 is 1.10 bits per heavy atom. The maximum atomic E-state index is 12.4. The molecule has 1 heterocycles. The Morgan fingerprint density at radius 2 is 1.79 bits per heavy atom. The van der Waals surface area contributed by atoms with Gasteiger partial charge in [-0.1, -0.05) is 60.3 Å². The molecule has 0 unspecified atom stereocenters. The summed E-state index contributed by atoms with van der Waals surface area (Å²) in [7, 11) is 4.02. The van der Waals surface area contributed by atoms with E-state index in [0.29, 0.717) is 11.7 Å². The monoisotopic (exact) mass is 410 g/mol. The molecule has 0 aliphatic heterocycles. The topological polar surface area (TPSA) is 75.9 Å². The second-order valence-corrected chi connectivity index (χ2v) is 8.04. The fourth-order valence-corrected chi connectivity index (χ4v) is 3.92. The second-order valence-electron chi connectivity index (χ2n) is 7.10. The number of likely N-dealkylation sites (N-methyl/N-ethyl adjacent to an activating group) is 1. The van der Waals surface area contributed by atoms with Crippen LogP contribution in [0, 0.1) is 13.8 Å². The van der Waals surface area contributed by atoms with E-state index in [-0.39, 0.29) is 17.7 Å². The van der Waals surface area contributed by atoms with Crippen molar-refractivity contribution >= 4 is 17.7 Å². The number of amides is 1. The van der Waals surface area contributed by atoms with Gasteiger partial charge in [-0.3, -0.25) is 4.79 Å². The van der Waals surface area contributed by atoms with Gasteiger partial charge in [0.05, 0.1) is 17.5 Å². The van der Waals surface area contributed by atoms with E-state index in [2.05, 4.69) is 37.9 Å². The lowest BCUT2D eigenvalue weighted by Gasteiger charge is -2.25. The van der Waals surface area contributed by atoms with Crippen LogP contribution in [0.5, 0.6) is 0 Å². The third-order valence-corrected chi connectivity index (χ3v) is 5.64. The summed E-state index contributed by atoms with van der Waals surface area (Å²) in [5.74, 6) is 0.203. The molecule has 3 aromatic rings. The number of nitrogens with zero attached hydrogens (tertiary/aromatic N) is 5. The Morgan fingerprint density at radius 3 is 2.45 bits per heavy atom. The molecule has 7 nitrogen and oxygen atoms in total. The van der Waals surface area contributed by atoms with E-state index in [1.54, 1.807) is 4.68 Å². The fraction of sp³-hybridized carbons (Fsp3) is 0.333. The highest BCUT2D eigenvalue weighted by Crippen LogP contribution is 2.23. The summed E-state index contributed by atoms with van der Waals surface area (Å²) in [5.41, 5.74) is 4.29. The van der Waals surface area contributed by atoms with Crippen LogP contribution >= 0.6 is 11.8 Å². The van der Waals surface area contributed by atoms with Crippen molar-refractivity contribution in [2.24, 2.45) is 0 Å². The largest absolute Gasteiger partial charge is 0.353 e. The van der Waals surface area contributed by atoms with Crippen molar-refractivity contribution in [3.05, 3.63) is 65.2 Å². The summed E-state index contributed by atoms with van der Waals surface area (Å²) in [6.07, 6.45) is 0. The van der Waals surface area contributed by atoms with Gasteiger partial charge < -0.3 is 10.2 Å². The first-order valence-corrected chi connectivity index (χ1v) is 10.4. The molecule has 0 radical (unpaired) electrons. The number of hydrogen-bond donors (Lipinski definition) is 1. The van der Waals surface area contributed by atoms with Crippen LogP contribution in [0.2, 0.25) is 0 Å². The quantitative estimate of drug-likeness (QED) is 0.576. The first kappa shape index (κ1) is 21.0. The van der Waals surface area contributed by atoms with E-state index in [1.165, 1.54) is 17.3 Å².